The molecule has 2 heterocycles. The molecule has 13 heteroatoms. The van der Waals surface area contributed by atoms with Gasteiger partial charge in [0.1, 0.15) is 23.8 Å². The maximum Gasteiger partial charge on any atom is 0.289 e. The van der Waals surface area contributed by atoms with E-state index in [0.717, 1.165) is 6.42 Å². The lowest BCUT2D eigenvalue weighted by Gasteiger charge is -2.38. The Morgan fingerprint density at radius 3 is 2.37 bits per heavy atom. The molecule has 4 fully saturated rings. The Labute approximate surface area is 304 Å². The lowest BCUT2D eigenvalue weighted by atomic mass is 9.82. The lowest BCUT2D eigenvalue weighted by molar-refractivity contribution is -0.146. The number of rotatable bonds is 13. The van der Waals surface area contributed by atoms with Crippen LogP contribution in [0.15, 0.2) is 18.6 Å². The lowest BCUT2D eigenvalue weighted by Crippen LogP contribution is -2.62. The van der Waals surface area contributed by atoms with Crippen LogP contribution in [0.2, 0.25) is 0 Å². The molecule has 6 atom stereocenters. The Kier molecular flexibility index (Phi) is 7.81. The van der Waals surface area contributed by atoms with Gasteiger partial charge in [-0.15, -0.1) is 0 Å². The highest BCUT2D eigenvalue weighted by molar-refractivity contribution is 6.38. The molecule has 1 aromatic rings. The molecule has 1 saturated heterocycles. The van der Waals surface area contributed by atoms with Crippen LogP contribution in [0.5, 0.6) is 0 Å². The van der Waals surface area contributed by atoms with E-state index in [1.807, 2.05) is 0 Å². The second kappa shape index (κ2) is 15.8. The fourth-order valence-corrected chi connectivity index (χ4v) is 6.14. The van der Waals surface area contributed by atoms with Crippen LogP contribution in [-0.4, -0.2) is 86.9 Å². The maximum atomic E-state index is 15.2. The van der Waals surface area contributed by atoms with Crippen molar-refractivity contribution in [2.45, 2.75) is 135 Å². The van der Waals surface area contributed by atoms with Crippen molar-refractivity contribution in [3.05, 3.63) is 24.3 Å². The summed E-state index contributed by atoms with van der Waals surface area (Å²) >= 11 is 0. The number of aromatic nitrogens is 2. The topological polar surface area (TPSA) is 180 Å². The molecule has 268 valence electrons. The summed E-state index contributed by atoms with van der Waals surface area (Å²) in [7, 11) is 0. The number of amides is 5. The fraction of sp³-hybridized carbons (Fsp3) is 0.722. The molecule has 3 saturated carbocycles. The van der Waals surface area contributed by atoms with Gasteiger partial charge in [0.25, 0.3) is 11.8 Å². The smallest absolute Gasteiger partial charge is 0.289 e. The van der Waals surface area contributed by atoms with Crippen LogP contribution in [0.4, 0.5) is 0 Å². The van der Waals surface area contributed by atoms with E-state index in [1.54, 1.807) is 6.92 Å². The number of fused-ring (bicyclic) bond motifs is 1. The van der Waals surface area contributed by atoms with Gasteiger partial charge in [-0.1, -0.05) is 59.8 Å². The highest BCUT2D eigenvalue weighted by atomic mass is 16.2. The molecule has 0 bridgehead atoms. The van der Waals surface area contributed by atoms with Gasteiger partial charge in [0.05, 0.1) is 13.6 Å². The van der Waals surface area contributed by atoms with E-state index in [4.69, 9.17) is 8.22 Å². The summed E-state index contributed by atoms with van der Waals surface area (Å²) in [5, 5.41) is 9.73. The number of nitrogens with one attached hydrogen (secondary N) is 4. The van der Waals surface area contributed by atoms with Gasteiger partial charge in [-0.3, -0.25) is 33.8 Å². The number of hydrogen-bond acceptors (Lipinski definition) is 8. The third-order valence-corrected chi connectivity index (χ3v) is 8.97. The molecule has 1 aromatic heterocycles. The molecule has 0 radical (unpaired) electrons. The first-order chi connectivity index (χ1) is 27.5. The minimum absolute atomic E-state index is 0.121. The molecule has 4 N–H and O–H groups in total. The minimum atomic E-state index is -4.17. The maximum absolute atomic E-state index is 15.2. The van der Waals surface area contributed by atoms with Crippen molar-refractivity contribution in [3.63, 3.8) is 0 Å². The number of carbonyl (C=O) groups excluding carboxylic acids is 6. The average molecular weight is 691 g/mol. The van der Waals surface area contributed by atoms with Crippen molar-refractivity contribution in [3.8, 4) is 0 Å². The van der Waals surface area contributed by atoms with Crippen LogP contribution in [-0.2, 0) is 24.0 Å². The summed E-state index contributed by atoms with van der Waals surface area (Å²) in [6, 6.07) is -9.57. The Hall–Kier alpha value is -3.90. The molecule has 0 aromatic carbocycles. The molecular formula is C36H53N7O6. The molecule has 1 aliphatic heterocycles. The van der Waals surface area contributed by atoms with E-state index < -0.39 is 108 Å². The molecule has 3 aliphatic carbocycles. The van der Waals surface area contributed by atoms with Gasteiger partial charge in [-0.2, -0.15) is 0 Å². The van der Waals surface area contributed by atoms with Crippen LogP contribution in [0.1, 0.15) is 130 Å². The zero-order valence-electron chi connectivity index (χ0n) is 39.3. The van der Waals surface area contributed by atoms with Gasteiger partial charge in [0, 0.05) is 38.6 Å². The predicted molar refractivity (Wildman–Crippen MR) is 181 cm³/mol. The van der Waals surface area contributed by atoms with Gasteiger partial charge < -0.3 is 26.2 Å². The van der Waals surface area contributed by atoms with Crippen LogP contribution < -0.4 is 21.3 Å². The van der Waals surface area contributed by atoms with E-state index in [2.05, 4.69) is 31.2 Å². The minimum Gasteiger partial charge on any atom is -0.347 e. The first kappa shape index (κ1) is 24.3. The molecule has 49 heavy (non-hydrogen) atoms. The third-order valence-electron chi connectivity index (χ3n) is 8.97. The Morgan fingerprint density at radius 2 is 1.73 bits per heavy atom. The summed E-state index contributed by atoms with van der Waals surface area (Å²) in [5.74, 6) is -16.5. The van der Waals surface area contributed by atoms with E-state index in [0.29, 0.717) is 38.5 Å². The zero-order chi connectivity index (χ0) is 45.2. The largest absolute Gasteiger partial charge is 0.347 e. The summed E-state index contributed by atoms with van der Waals surface area (Å²) in [6.07, 6.45) is -4.14. The standard InChI is InChI=1S/C36H53N7O6/c1-5-10-25(29(44)34(48)39-23-15-16-23)40-33(47)28-24-14-9-13-22(24)20-43(28)35(49)30(36(2,3)4)42-32(46)27(21-11-7-6-8-12-21)41-31(45)26-19-37-17-18-38-26/h17-19,21-25,27-28,30H,5-16,20H2,1-4H3,(H,39,48)(H,40,47)(H,41,45)(H,42,46)/t22-,24-,25-,27-,28-,30+/m0/s1/i9D2,13D2,14D2,20D2,22D,24D,28D. The predicted octanol–water partition coefficient (Wildman–Crippen LogP) is 2.45. The van der Waals surface area contributed by atoms with Crippen molar-refractivity contribution in [1.29, 1.82) is 0 Å². The van der Waals surface area contributed by atoms with Crippen molar-refractivity contribution in [1.82, 2.24) is 36.1 Å². The van der Waals surface area contributed by atoms with E-state index in [9.17, 15) is 30.8 Å². The second-order valence-electron chi connectivity index (χ2n) is 13.9. The molecular weight excluding hydrogens is 626 g/mol. The van der Waals surface area contributed by atoms with Gasteiger partial charge >= 0.3 is 0 Å². The average Bonchev–Trinajstić information content (AvgIpc) is 3.98. The molecule has 5 amide bonds. The number of carbonyl (C=O) groups is 6. The summed E-state index contributed by atoms with van der Waals surface area (Å²) < 4.78 is 99.7. The third kappa shape index (κ3) is 8.83. The van der Waals surface area contributed by atoms with E-state index in [-0.39, 0.29) is 29.5 Å². The number of Topliss-reactive ketones (excluding diaryl/α,β-unsaturated/α-hetero) is 1. The van der Waals surface area contributed by atoms with Crippen molar-refractivity contribution >= 4 is 35.3 Å². The molecule has 5 rings (SSSR count). The first-order valence-electron chi connectivity index (χ1n) is 22.4. The Bertz CT molecular complexity index is 1900. The Balaban J connectivity index is 1.65. The number of likely N-dealkylation sites (tertiary alicyclic amines) is 1. The van der Waals surface area contributed by atoms with Crippen molar-refractivity contribution in [2.24, 2.45) is 23.1 Å². The van der Waals surface area contributed by atoms with Crippen molar-refractivity contribution < 1.29 is 43.8 Å². The van der Waals surface area contributed by atoms with Gasteiger partial charge in [-0.05, 0) is 68.0 Å². The zero-order valence-corrected chi connectivity index (χ0v) is 28.3. The highest BCUT2D eigenvalue weighted by Crippen LogP contribution is 2.43. The number of hydrogen-bond donors (Lipinski definition) is 4. The molecule has 0 unspecified atom stereocenters. The van der Waals surface area contributed by atoms with Crippen LogP contribution in [0.25, 0.3) is 0 Å². The molecule has 0 spiro atoms. The summed E-state index contributed by atoms with van der Waals surface area (Å²) in [6.45, 7) is 1.69. The number of nitrogens with zero attached hydrogens (tertiary/aromatic N) is 3. The highest BCUT2D eigenvalue weighted by Gasteiger charge is 2.52. The first-order valence-corrected chi connectivity index (χ1v) is 16.9. The van der Waals surface area contributed by atoms with Crippen LogP contribution in [0, 0.1) is 23.1 Å². The van der Waals surface area contributed by atoms with Crippen LogP contribution >= 0.6 is 0 Å². The van der Waals surface area contributed by atoms with Gasteiger partial charge in [-0.25, -0.2) is 4.98 Å². The summed E-state index contributed by atoms with van der Waals surface area (Å²) in [5.41, 5.74) is -1.63. The van der Waals surface area contributed by atoms with Gasteiger partial charge in [0.15, 0.2) is 0 Å². The second-order valence-corrected chi connectivity index (χ2v) is 13.9. The Morgan fingerprint density at radius 1 is 1.00 bits per heavy atom. The summed E-state index contributed by atoms with van der Waals surface area (Å²) in [4.78, 5) is 91.6. The fourth-order valence-electron chi connectivity index (χ4n) is 6.14. The monoisotopic (exact) mass is 690 g/mol. The molecule has 13 nitrogen and oxygen atoms in total. The van der Waals surface area contributed by atoms with Gasteiger partial charge in [0.2, 0.25) is 23.5 Å². The van der Waals surface area contributed by atoms with E-state index >= 15 is 4.79 Å². The normalized spacial score (nSPS) is 36.2. The quantitative estimate of drug-likeness (QED) is 0.228. The molecule has 4 aliphatic rings. The SMILES string of the molecule is [2H]C1([2H])C([2H])([2H])[C@@]2([2H])C([2H])([2H])N(C(=O)[C@@H](NC(=O)[C@@H](NC(=O)c3cnccn3)C3CCCCC3)C(C)(C)C)[C@]([2H])(C(=O)N[C@@H](CCC)C(=O)C(=O)NC3CC3)[C@@]2([2H])C1([2H])[2H]. The van der Waals surface area contributed by atoms with Crippen molar-refractivity contribution in [2.75, 3.05) is 6.50 Å². The number of ketones is 1. The van der Waals surface area contributed by atoms with E-state index in [1.165, 1.54) is 39.4 Å². The van der Waals surface area contributed by atoms with Crippen LogP contribution in [0.3, 0.4) is 0 Å².